The van der Waals surface area contributed by atoms with Gasteiger partial charge in [-0.15, -0.1) is 0 Å². The van der Waals surface area contributed by atoms with Gasteiger partial charge < -0.3 is 14.7 Å². The second kappa shape index (κ2) is 12.4. The lowest BCUT2D eigenvalue weighted by Gasteiger charge is -2.29. The van der Waals surface area contributed by atoms with Crippen molar-refractivity contribution in [2.45, 2.75) is 76.9 Å². The van der Waals surface area contributed by atoms with E-state index in [4.69, 9.17) is 16.3 Å². The van der Waals surface area contributed by atoms with Crippen LogP contribution in [-0.4, -0.2) is 51.3 Å². The van der Waals surface area contributed by atoms with Gasteiger partial charge in [0.05, 0.1) is 28.2 Å². The first-order valence-corrected chi connectivity index (χ1v) is 16.4. The summed E-state index contributed by atoms with van der Waals surface area (Å²) >= 11 is 7.55. The highest BCUT2D eigenvalue weighted by atomic mass is 35.5. The molecule has 0 unspecified atom stereocenters. The number of hydrogen-bond donors (Lipinski definition) is 1. The zero-order valence-corrected chi connectivity index (χ0v) is 25.9. The average molecular weight is 621 g/mol. The zero-order chi connectivity index (χ0) is 30.1. The molecule has 1 saturated heterocycles. The molecule has 1 amide bonds. The number of nitrogens with zero attached hydrogens (tertiary/aromatic N) is 2. The van der Waals surface area contributed by atoms with Gasteiger partial charge >= 0.3 is 5.97 Å². The molecule has 43 heavy (non-hydrogen) atoms. The molecule has 3 heterocycles. The summed E-state index contributed by atoms with van der Waals surface area (Å²) in [5.74, 6) is -1.61. The van der Waals surface area contributed by atoms with Crippen molar-refractivity contribution in [3.05, 3.63) is 70.8 Å². The lowest BCUT2D eigenvalue weighted by Crippen LogP contribution is -2.45. The van der Waals surface area contributed by atoms with E-state index < -0.39 is 23.5 Å². The summed E-state index contributed by atoms with van der Waals surface area (Å²) in [6.45, 7) is 2.31. The number of carboxylic acids is 1. The summed E-state index contributed by atoms with van der Waals surface area (Å²) in [4.78, 5) is 47.0. The van der Waals surface area contributed by atoms with Crippen LogP contribution in [-0.2, 0) is 20.8 Å². The summed E-state index contributed by atoms with van der Waals surface area (Å²) < 4.78 is 7.21. The maximum atomic E-state index is 14.3. The van der Waals surface area contributed by atoms with Gasteiger partial charge in [-0.3, -0.25) is 14.4 Å². The van der Waals surface area contributed by atoms with Crippen LogP contribution in [0, 0.1) is 24.2 Å². The topological polar surface area (TPSA) is 96.8 Å². The van der Waals surface area contributed by atoms with E-state index >= 15 is 0 Å². The van der Waals surface area contributed by atoms with Gasteiger partial charge in [-0.25, -0.2) is 4.98 Å². The standard InChI is InChI=1S/C34H37ClN2O5S/c1-21-8-7-9-22(14-21)15-23-10-5-3-2-4-6-11-24-18-34(24,32(40)41)19-29(38)28-17-26(20-37(28)31(23)39)42-33-36-27-13-12-25(35)16-30(27)43-33/h6-9,11-14,16,23-24,26,28H,2-5,10,15,17-20H2,1H3,(H,40,41)/b11-6-/t23-,24-,26-,28+,34-/m1/s1. The number of hydrogen-bond acceptors (Lipinski definition) is 6. The lowest BCUT2D eigenvalue weighted by atomic mass is 9.90. The maximum absolute atomic E-state index is 14.3. The van der Waals surface area contributed by atoms with Crippen LogP contribution >= 0.6 is 22.9 Å². The van der Waals surface area contributed by atoms with Crippen molar-refractivity contribution in [1.29, 1.82) is 0 Å². The van der Waals surface area contributed by atoms with E-state index in [0.29, 0.717) is 29.5 Å². The van der Waals surface area contributed by atoms with E-state index in [1.807, 2.05) is 37.3 Å². The van der Waals surface area contributed by atoms with Crippen LogP contribution in [0.1, 0.15) is 62.5 Å². The van der Waals surface area contributed by atoms with Gasteiger partial charge in [0.2, 0.25) is 5.91 Å². The summed E-state index contributed by atoms with van der Waals surface area (Å²) in [5.41, 5.74) is 1.94. The Balaban J connectivity index is 1.29. The largest absolute Gasteiger partial charge is 0.481 e. The molecule has 7 nitrogen and oxygen atoms in total. The molecule has 226 valence electrons. The van der Waals surface area contributed by atoms with Crippen molar-refractivity contribution in [1.82, 2.24) is 9.88 Å². The van der Waals surface area contributed by atoms with Crippen LogP contribution in [0.5, 0.6) is 5.19 Å². The number of fused-ring (bicyclic) bond motifs is 3. The quantitative estimate of drug-likeness (QED) is 0.308. The normalized spacial score (nSPS) is 28.9. The fourth-order valence-electron chi connectivity index (χ4n) is 6.80. The number of aliphatic carboxylic acids is 1. The van der Waals surface area contributed by atoms with E-state index in [0.717, 1.165) is 53.4 Å². The van der Waals surface area contributed by atoms with Crippen LogP contribution < -0.4 is 4.74 Å². The monoisotopic (exact) mass is 620 g/mol. The molecular formula is C34H37ClN2O5S. The second-order valence-electron chi connectivity index (χ2n) is 12.4. The summed E-state index contributed by atoms with van der Waals surface area (Å²) in [5, 5.41) is 11.2. The third kappa shape index (κ3) is 6.50. The zero-order valence-electron chi connectivity index (χ0n) is 24.3. The Morgan fingerprint density at radius 1 is 1.19 bits per heavy atom. The van der Waals surface area contributed by atoms with Gasteiger partial charge in [-0.2, -0.15) is 0 Å². The minimum atomic E-state index is -1.09. The molecule has 0 bridgehead atoms. The fourth-order valence-corrected chi connectivity index (χ4v) is 7.96. The predicted octanol–water partition coefficient (Wildman–Crippen LogP) is 7.04. The molecule has 3 aliphatic rings. The van der Waals surface area contributed by atoms with Gasteiger partial charge in [-0.1, -0.05) is 77.8 Å². The minimum Gasteiger partial charge on any atom is -0.481 e. The molecule has 2 aromatic carbocycles. The van der Waals surface area contributed by atoms with Crippen molar-refractivity contribution in [3.63, 3.8) is 0 Å². The Kier molecular flexibility index (Phi) is 8.60. The van der Waals surface area contributed by atoms with Gasteiger partial charge in [0.1, 0.15) is 6.10 Å². The lowest BCUT2D eigenvalue weighted by molar-refractivity contribution is -0.147. The number of allylic oxidation sites excluding steroid dienone is 2. The number of carbonyl (C=O) groups is 3. The van der Waals surface area contributed by atoms with Gasteiger partial charge in [0, 0.05) is 23.8 Å². The van der Waals surface area contributed by atoms with Crippen LogP contribution in [0.25, 0.3) is 10.2 Å². The molecule has 1 aromatic heterocycles. The molecule has 6 rings (SSSR count). The molecule has 3 aromatic rings. The van der Waals surface area contributed by atoms with Crippen molar-refractivity contribution >= 4 is 50.8 Å². The number of ketones is 1. The first-order chi connectivity index (χ1) is 20.7. The number of rotatable bonds is 5. The number of carboxylic acid groups (broad SMARTS) is 1. The Morgan fingerprint density at radius 2 is 2.05 bits per heavy atom. The third-order valence-corrected chi connectivity index (χ3v) is 10.4. The predicted molar refractivity (Wildman–Crippen MR) is 168 cm³/mol. The molecule has 1 N–H and O–H groups in total. The van der Waals surface area contributed by atoms with Gasteiger partial charge in [-0.05, 0) is 68.7 Å². The van der Waals surface area contributed by atoms with Crippen LogP contribution in [0.4, 0.5) is 0 Å². The Morgan fingerprint density at radius 3 is 2.86 bits per heavy atom. The Hall–Kier alpha value is -3.23. The first kappa shape index (κ1) is 29.8. The number of halogens is 1. The number of benzene rings is 2. The smallest absolute Gasteiger partial charge is 0.310 e. The van der Waals surface area contributed by atoms with E-state index in [1.54, 1.807) is 11.0 Å². The number of amides is 1. The number of ether oxygens (including phenoxy) is 1. The average Bonchev–Trinajstić information content (AvgIpc) is 3.29. The molecule has 1 aliphatic carbocycles. The SMILES string of the molecule is Cc1cccc(C[C@H]2CCCCC/C=C\[C@@H]3C[C@@]3(C(=O)O)CC(=O)[C@@H]3C[C@@H](Oc4nc5ccc(Cl)cc5s4)CN3C2=O)c1. The first-order valence-electron chi connectivity index (χ1n) is 15.2. The second-order valence-corrected chi connectivity index (χ2v) is 13.9. The Bertz CT molecular complexity index is 1570. The highest BCUT2D eigenvalue weighted by Crippen LogP contribution is 2.57. The number of aromatic nitrogens is 1. The van der Waals surface area contributed by atoms with Gasteiger partial charge in [0.15, 0.2) is 5.78 Å². The summed E-state index contributed by atoms with van der Waals surface area (Å²) in [7, 11) is 0. The minimum absolute atomic E-state index is 0.0493. The van der Waals surface area contributed by atoms with Crippen LogP contribution in [0.3, 0.4) is 0 Å². The van der Waals surface area contributed by atoms with E-state index in [2.05, 4.69) is 23.2 Å². The van der Waals surface area contributed by atoms with Crippen LogP contribution in [0.15, 0.2) is 54.6 Å². The highest BCUT2D eigenvalue weighted by molar-refractivity contribution is 7.20. The third-order valence-electron chi connectivity index (χ3n) is 9.27. The van der Waals surface area contributed by atoms with E-state index in [-0.39, 0.29) is 36.5 Å². The van der Waals surface area contributed by atoms with Gasteiger partial charge in [0.25, 0.3) is 5.19 Å². The fraction of sp³-hybridized carbons (Fsp3) is 0.471. The number of Topliss-reactive ketones (excluding diaryl/α,β-unsaturated/α-hetero) is 1. The van der Waals surface area contributed by atoms with Crippen molar-refractivity contribution in [2.24, 2.45) is 17.3 Å². The van der Waals surface area contributed by atoms with Crippen molar-refractivity contribution < 1.29 is 24.2 Å². The molecule has 0 radical (unpaired) electrons. The number of aryl methyl sites for hydroxylation is 1. The highest BCUT2D eigenvalue weighted by Gasteiger charge is 2.61. The number of carbonyl (C=O) groups excluding carboxylic acids is 2. The maximum Gasteiger partial charge on any atom is 0.310 e. The molecule has 2 fully saturated rings. The molecule has 0 spiro atoms. The van der Waals surface area contributed by atoms with Crippen LogP contribution in [0.2, 0.25) is 5.02 Å². The van der Waals surface area contributed by atoms with Crippen molar-refractivity contribution in [2.75, 3.05) is 6.54 Å². The molecule has 1 saturated carbocycles. The van der Waals surface area contributed by atoms with E-state index in [1.165, 1.54) is 11.3 Å². The molecule has 2 aliphatic heterocycles. The summed E-state index contributed by atoms with van der Waals surface area (Å²) in [6.07, 6.45) is 9.43. The molecular weight excluding hydrogens is 584 g/mol. The molecule has 9 heteroatoms. The van der Waals surface area contributed by atoms with E-state index in [9.17, 15) is 19.5 Å². The molecule has 5 atom stereocenters. The number of thiazole rings is 1. The van der Waals surface area contributed by atoms with Crippen molar-refractivity contribution in [3.8, 4) is 5.19 Å². The Labute approximate surface area is 260 Å². The summed E-state index contributed by atoms with van der Waals surface area (Å²) in [6, 6.07) is 13.0.